The predicted octanol–water partition coefficient (Wildman–Crippen LogP) is 2.48. The Bertz CT molecular complexity index is 346. The third-order valence-corrected chi connectivity index (χ3v) is 3.61. The molecule has 0 fully saturated rings. The number of halogens is 1. The zero-order chi connectivity index (χ0) is 13.4. The van der Waals surface area contributed by atoms with Crippen molar-refractivity contribution in [3.63, 3.8) is 0 Å². The van der Waals surface area contributed by atoms with Gasteiger partial charge in [0, 0.05) is 17.6 Å². The van der Waals surface area contributed by atoms with Crippen molar-refractivity contribution in [3.05, 3.63) is 34.3 Å². The first-order chi connectivity index (χ1) is 8.67. The molecule has 0 amide bonds. The molecule has 3 nitrogen and oxygen atoms in total. The zero-order valence-corrected chi connectivity index (χ0v) is 12.4. The standard InChI is InChI=1S/C14H22BrNO2/c1-2-11(6-7-17)9-16-10-14(18)12-4-3-5-13(15)8-12/h3-5,8,11,14,16-18H,2,6-7,9-10H2,1H3. The second-order valence-electron chi connectivity index (χ2n) is 4.52. The molecule has 0 saturated carbocycles. The molecule has 0 aliphatic rings. The molecule has 18 heavy (non-hydrogen) atoms. The first-order valence-electron chi connectivity index (χ1n) is 6.42. The normalized spacial score (nSPS) is 14.4. The fraction of sp³-hybridized carbons (Fsp3) is 0.571. The van der Waals surface area contributed by atoms with E-state index in [-0.39, 0.29) is 6.61 Å². The first-order valence-corrected chi connectivity index (χ1v) is 7.21. The monoisotopic (exact) mass is 315 g/mol. The van der Waals surface area contributed by atoms with Crippen molar-refractivity contribution < 1.29 is 10.2 Å². The molecule has 0 aliphatic carbocycles. The summed E-state index contributed by atoms with van der Waals surface area (Å²) in [5.74, 6) is 0.477. The van der Waals surface area contributed by atoms with Gasteiger partial charge in [-0.15, -0.1) is 0 Å². The van der Waals surface area contributed by atoms with E-state index in [1.54, 1.807) is 0 Å². The van der Waals surface area contributed by atoms with Crippen LogP contribution in [0.2, 0.25) is 0 Å². The molecule has 1 rings (SSSR count). The van der Waals surface area contributed by atoms with E-state index in [9.17, 15) is 5.11 Å². The van der Waals surface area contributed by atoms with Crippen LogP contribution in [0.1, 0.15) is 31.4 Å². The molecule has 0 heterocycles. The zero-order valence-electron chi connectivity index (χ0n) is 10.8. The van der Waals surface area contributed by atoms with Crippen LogP contribution in [-0.4, -0.2) is 29.9 Å². The number of aliphatic hydroxyl groups is 2. The molecule has 1 aromatic carbocycles. The van der Waals surface area contributed by atoms with Crippen LogP contribution in [0.3, 0.4) is 0 Å². The van der Waals surface area contributed by atoms with Crippen molar-refractivity contribution in [3.8, 4) is 0 Å². The molecule has 102 valence electrons. The lowest BCUT2D eigenvalue weighted by Gasteiger charge is -2.17. The van der Waals surface area contributed by atoms with Crippen LogP contribution in [0.4, 0.5) is 0 Å². The van der Waals surface area contributed by atoms with Gasteiger partial charge in [0.05, 0.1) is 6.10 Å². The lowest BCUT2D eigenvalue weighted by molar-refractivity contribution is 0.170. The fourth-order valence-corrected chi connectivity index (χ4v) is 2.31. The molecule has 3 N–H and O–H groups in total. The summed E-state index contributed by atoms with van der Waals surface area (Å²) in [6.45, 7) is 3.72. The quantitative estimate of drug-likeness (QED) is 0.691. The van der Waals surface area contributed by atoms with Gasteiger partial charge in [0.1, 0.15) is 0 Å². The average Bonchev–Trinajstić information content (AvgIpc) is 2.37. The van der Waals surface area contributed by atoms with Gasteiger partial charge in [0.2, 0.25) is 0 Å². The number of benzene rings is 1. The Morgan fingerprint density at radius 1 is 1.33 bits per heavy atom. The highest BCUT2D eigenvalue weighted by molar-refractivity contribution is 9.10. The highest BCUT2D eigenvalue weighted by Gasteiger charge is 2.09. The van der Waals surface area contributed by atoms with Gasteiger partial charge in [-0.3, -0.25) is 0 Å². The van der Waals surface area contributed by atoms with E-state index in [1.807, 2.05) is 24.3 Å². The Morgan fingerprint density at radius 2 is 2.11 bits per heavy atom. The van der Waals surface area contributed by atoms with Gasteiger partial charge in [-0.25, -0.2) is 0 Å². The lowest BCUT2D eigenvalue weighted by atomic mass is 10.0. The van der Waals surface area contributed by atoms with Gasteiger partial charge in [0.15, 0.2) is 0 Å². The van der Waals surface area contributed by atoms with Gasteiger partial charge >= 0.3 is 0 Å². The molecule has 0 aliphatic heterocycles. The molecule has 0 bridgehead atoms. The smallest absolute Gasteiger partial charge is 0.0914 e. The van der Waals surface area contributed by atoms with Gasteiger partial charge in [0.25, 0.3) is 0 Å². The van der Waals surface area contributed by atoms with Crippen LogP contribution in [0, 0.1) is 5.92 Å². The van der Waals surface area contributed by atoms with Crippen LogP contribution in [0.25, 0.3) is 0 Å². The summed E-state index contributed by atoms with van der Waals surface area (Å²) < 4.78 is 0.978. The van der Waals surface area contributed by atoms with Crippen LogP contribution < -0.4 is 5.32 Å². The number of hydrogen-bond acceptors (Lipinski definition) is 3. The molecule has 2 unspecified atom stereocenters. The summed E-state index contributed by atoms with van der Waals surface area (Å²) >= 11 is 3.39. The first kappa shape index (κ1) is 15.6. The molecular formula is C14H22BrNO2. The lowest BCUT2D eigenvalue weighted by Crippen LogP contribution is -2.27. The van der Waals surface area contributed by atoms with Crippen molar-refractivity contribution in [1.82, 2.24) is 5.32 Å². The van der Waals surface area contributed by atoms with Crippen LogP contribution in [0.5, 0.6) is 0 Å². The highest BCUT2D eigenvalue weighted by atomic mass is 79.9. The van der Waals surface area contributed by atoms with Crippen molar-refractivity contribution in [2.45, 2.75) is 25.9 Å². The van der Waals surface area contributed by atoms with E-state index in [1.165, 1.54) is 0 Å². The topological polar surface area (TPSA) is 52.5 Å². The summed E-state index contributed by atoms with van der Waals surface area (Å²) in [5, 5.41) is 22.2. The summed E-state index contributed by atoms with van der Waals surface area (Å²) in [4.78, 5) is 0. The van der Waals surface area contributed by atoms with E-state index in [4.69, 9.17) is 5.11 Å². The van der Waals surface area contributed by atoms with Gasteiger partial charge in [-0.2, -0.15) is 0 Å². The Kier molecular flexibility index (Phi) is 7.51. The van der Waals surface area contributed by atoms with E-state index in [0.717, 1.165) is 29.4 Å². The summed E-state index contributed by atoms with van der Waals surface area (Å²) in [5.41, 5.74) is 0.909. The third-order valence-electron chi connectivity index (χ3n) is 3.12. The largest absolute Gasteiger partial charge is 0.396 e. The minimum atomic E-state index is -0.492. The van der Waals surface area contributed by atoms with Crippen molar-refractivity contribution in [2.75, 3.05) is 19.7 Å². The molecule has 0 aromatic heterocycles. The van der Waals surface area contributed by atoms with Crippen LogP contribution in [-0.2, 0) is 0 Å². The molecular weight excluding hydrogens is 294 g/mol. The van der Waals surface area contributed by atoms with Crippen LogP contribution in [0.15, 0.2) is 28.7 Å². The predicted molar refractivity (Wildman–Crippen MR) is 77.5 cm³/mol. The molecule has 0 radical (unpaired) electrons. The average molecular weight is 316 g/mol. The second-order valence-corrected chi connectivity index (χ2v) is 5.43. The Hall–Kier alpha value is -0.420. The summed E-state index contributed by atoms with van der Waals surface area (Å²) in [6, 6.07) is 7.71. The Morgan fingerprint density at radius 3 is 2.72 bits per heavy atom. The van der Waals surface area contributed by atoms with Gasteiger partial charge in [-0.1, -0.05) is 41.4 Å². The van der Waals surface area contributed by atoms with E-state index in [0.29, 0.717) is 12.5 Å². The summed E-state index contributed by atoms with van der Waals surface area (Å²) in [7, 11) is 0. The van der Waals surface area contributed by atoms with Gasteiger partial charge in [-0.05, 0) is 36.6 Å². The maximum absolute atomic E-state index is 10.0. The van der Waals surface area contributed by atoms with Crippen molar-refractivity contribution >= 4 is 15.9 Å². The highest BCUT2D eigenvalue weighted by Crippen LogP contribution is 2.17. The second kappa shape index (κ2) is 8.64. The molecule has 1 aromatic rings. The summed E-state index contributed by atoms with van der Waals surface area (Å²) in [6.07, 6.45) is 1.37. The van der Waals surface area contributed by atoms with E-state index in [2.05, 4.69) is 28.2 Å². The molecule has 0 spiro atoms. The minimum absolute atomic E-state index is 0.231. The van der Waals surface area contributed by atoms with E-state index >= 15 is 0 Å². The number of rotatable bonds is 8. The van der Waals surface area contributed by atoms with E-state index < -0.39 is 6.10 Å². The van der Waals surface area contributed by atoms with Crippen molar-refractivity contribution in [1.29, 1.82) is 0 Å². The Labute approximate surface area is 117 Å². The molecule has 4 heteroatoms. The van der Waals surface area contributed by atoms with Crippen LogP contribution >= 0.6 is 15.9 Å². The minimum Gasteiger partial charge on any atom is -0.396 e. The molecule has 2 atom stereocenters. The Balaban J connectivity index is 2.34. The number of nitrogens with one attached hydrogen (secondary N) is 1. The maximum Gasteiger partial charge on any atom is 0.0914 e. The molecule has 0 saturated heterocycles. The third kappa shape index (κ3) is 5.48. The van der Waals surface area contributed by atoms with Crippen molar-refractivity contribution in [2.24, 2.45) is 5.92 Å². The number of aliphatic hydroxyl groups excluding tert-OH is 2. The SMILES string of the molecule is CCC(CCO)CNCC(O)c1cccc(Br)c1. The van der Waals surface area contributed by atoms with Gasteiger partial charge < -0.3 is 15.5 Å². The fourth-order valence-electron chi connectivity index (χ4n) is 1.89. The number of hydrogen-bond donors (Lipinski definition) is 3. The maximum atomic E-state index is 10.0.